The van der Waals surface area contributed by atoms with E-state index in [1.54, 1.807) is 0 Å². The Bertz CT molecular complexity index is 518. The lowest BCUT2D eigenvalue weighted by Crippen LogP contribution is -2.14. The molecule has 88 valence electrons. The second kappa shape index (κ2) is 4.58. The molecule has 1 rings (SSSR count). The Kier molecular flexibility index (Phi) is 3.80. The lowest BCUT2D eigenvalue weighted by Gasteiger charge is -2.06. The van der Waals surface area contributed by atoms with E-state index in [9.17, 15) is 13.2 Å². The van der Waals surface area contributed by atoms with Crippen molar-refractivity contribution in [1.29, 1.82) is 0 Å². The topological polar surface area (TPSA) is 86.5 Å². The van der Waals surface area contributed by atoms with Crippen LogP contribution in [0.3, 0.4) is 0 Å². The molecule has 0 heterocycles. The largest absolute Gasteiger partial charge is 0.465 e. The molecular formula is C8H7Cl2NO4S. The number of carbonyl (C=O) groups excluding carboxylic acids is 1. The Morgan fingerprint density at radius 3 is 2.06 bits per heavy atom. The Morgan fingerprint density at radius 2 is 1.75 bits per heavy atom. The molecule has 0 aliphatic heterocycles. The molecule has 8 heteroatoms. The van der Waals surface area contributed by atoms with E-state index in [4.69, 9.17) is 28.3 Å². The van der Waals surface area contributed by atoms with Gasteiger partial charge in [0.1, 0.15) is 4.90 Å². The molecule has 0 spiro atoms. The van der Waals surface area contributed by atoms with Crippen molar-refractivity contribution in [1.82, 2.24) is 0 Å². The Morgan fingerprint density at radius 1 is 1.31 bits per heavy atom. The van der Waals surface area contributed by atoms with E-state index in [1.165, 1.54) is 7.11 Å². The average molecular weight is 284 g/mol. The van der Waals surface area contributed by atoms with Gasteiger partial charge in [0.05, 0.1) is 22.7 Å². The van der Waals surface area contributed by atoms with Gasteiger partial charge in [0.25, 0.3) is 0 Å². The fourth-order valence-corrected chi connectivity index (χ4v) is 2.86. The second-order valence-corrected chi connectivity index (χ2v) is 5.12. The first kappa shape index (κ1) is 13.2. The number of rotatable bonds is 2. The van der Waals surface area contributed by atoms with Crippen LogP contribution >= 0.6 is 23.2 Å². The molecular weight excluding hydrogens is 277 g/mol. The van der Waals surface area contributed by atoms with Gasteiger partial charge in [0, 0.05) is 0 Å². The van der Waals surface area contributed by atoms with Gasteiger partial charge in [-0.3, -0.25) is 0 Å². The molecule has 0 aliphatic carbocycles. The van der Waals surface area contributed by atoms with Crippen molar-refractivity contribution in [3.05, 3.63) is 27.7 Å². The quantitative estimate of drug-likeness (QED) is 0.832. The lowest BCUT2D eigenvalue weighted by atomic mass is 10.2. The molecule has 2 N–H and O–H groups in total. The van der Waals surface area contributed by atoms with Crippen LogP contribution in [0.5, 0.6) is 0 Å². The van der Waals surface area contributed by atoms with E-state index in [2.05, 4.69) is 4.74 Å². The molecule has 0 atom stereocenters. The monoisotopic (exact) mass is 283 g/mol. The van der Waals surface area contributed by atoms with E-state index in [0.717, 1.165) is 12.1 Å². The minimum Gasteiger partial charge on any atom is -0.465 e. The predicted octanol–water partition coefficient (Wildman–Crippen LogP) is 1.43. The molecule has 0 saturated carbocycles. The predicted molar refractivity (Wildman–Crippen MR) is 59.2 cm³/mol. The minimum atomic E-state index is -4.03. The summed E-state index contributed by atoms with van der Waals surface area (Å²) in [6.45, 7) is 0. The van der Waals surface area contributed by atoms with Gasteiger partial charge in [-0.2, -0.15) is 0 Å². The van der Waals surface area contributed by atoms with E-state index in [0.29, 0.717) is 0 Å². The van der Waals surface area contributed by atoms with Crippen LogP contribution in [0.2, 0.25) is 10.0 Å². The fraction of sp³-hybridized carbons (Fsp3) is 0.125. The smallest absolute Gasteiger partial charge is 0.337 e. The van der Waals surface area contributed by atoms with E-state index in [-0.39, 0.29) is 15.6 Å². The normalized spacial score (nSPS) is 11.2. The number of halogens is 2. The van der Waals surface area contributed by atoms with Gasteiger partial charge in [-0.1, -0.05) is 23.2 Å². The highest BCUT2D eigenvalue weighted by Gasteiger charge is 2.20. The van der Waals surface area contributed by atoms with Crippen molar-refractivity contribution in [3.63, 3.8) is 0 Å². The van der Waals surface area contributed by atoms with Crippen molar-refractivity contribution < 1.29 is 17.9 Å². The van der Waals surface area contributed by atoms with Gasteiger partial charge in [0.15, 0.2) is 0 Å². The number of esters is 1. The van der Waals surface area contributed by atoms with E-state index < -0.39 is 20.9 Å². The van der Waals surface area contributed by atoms with Gasteiger partial charge < -0.3 is 4.74 Å². The summed E-state index contributed by atoms with van der Waals surface area (Å²) in [5, 5.41) is 4.45. The Balaban J connectivity index is 3.46. The maximum atomic E-state index is 11.2. The molecule has 0 aromatic heterocycles. The number of carbonyl (C=O) groups is 1. The highest BCUT2D eigenvalue weighted by molar-refractivity contribution is 7.89. The molecule has 1 aromatic carbocycles. The average Bonchev–Trinajstić information content (AvgIpc) is 2.13. The molecule has 0 unspecified atom stereocenters. The number of sulfonamides is 1. The van der Waals surface area contributed by atoms with Crippen molar-refractivity contribution in [2.45, 2.75) is 4.90 Å². The zero-order valence-electron chi connectivity index (χ0n) is 8.03. The molecule has 1 aromatic rings. The van der Waals surface area contributed by atoms with Gasteiger partial charge >= 0.3 is 5.97 Å². The first-order valence-electron chi connectivity index (χ1n) is 3.87. The Labute approximate surface area is 102 Å². The van der Waals surface area contributed by atoms with Gasteiger partial charge in [-0.05, 0) is 12.1 Å². The number of methoxy groups -OCH3 is 1. The summed E-state index contributed by atoms with van der Waals surface area (Å²) in [4.78, 5) is 10.7. The summed E-state index contributed by atoms with van der Waals surface area (Å²) in [5.74, 6) is -0.676. The van der Waals surface area contributed by atoms with Gasteiger partial charge in [0.2, 0.25) is 10.0 Å². The SMILES string of the molecule is COC(=O)c1cc(Cl)c(S(N)(=O)=O)c(Cl)c1. The Hall–Kier alpha value is -0.820. The highest BCUT2D eigenvalue weighted by atomic mass is 35.5. The van der Waals surface area contributed by atoms with Crippen LogP contribution in [0.1, 0.15) is 10.4 Å². The van der Waals surface area contributed by atoms with Crippen LogP contribution < -0.4 is 5.14 Å². The van der Waals surface area contributed by atoms with Crippen molar-refractivity contribution in [3.8, 4) is 0 Å². The van der Waals surface area contributed by atoms with Gasteiger partial charge in [-0.15, -0.1) is 0 Å². The van der Waals surface area contributed by atoms with Crippen LogP contribution in [0.4, 0.5) is 0 Å². The molecule has 0 saturated heterocycles. The second-order valence-electron chi connectivity index (χ2n) is 2.81. The third-order valence-corrected chi connectivity index (χ3v) is 3.53. The molecule has 5 nitrogen and oxygen atoms in total. The molecule has 0 amide bonds. The number of hydrogen-bond donors (Lipinski definition) is 1. The summed E-state index contributed by atoms with van der Waals surface area (Å²) >= 11 is 11.3. The van der Waals surface area contributed by atoms with Crippen LogP contribution in [0.15, 0.2) is 17.0 Å². The summed E-state index contributed by atoms with van der Waals surface area (Å²) in [6.07, 6.45) is 0. The zero-order valence-corrected chi connectivity index (χ0v) is 10.4. The summed E-state index contributed by atoms with van der Waals surface area (Å²) in [7, 11) is -2.85. The molecule has 0 aliphatic rings. The summed E-state index contributed by atoms with van der Waals surface area (Å²) < 4.78 is 26.7. The molecule has 16 heavy (non-hydrogen) atoms. The van der Waals surface area contributed by atoms with Crippen molar-refractivity contribution in [2.24, 2.45) is 5.14 Å². The van der Waals surface area contributed by atoms with Gasteiger partial charge in [-0.25, -0.2) is 18.4 Å². The van der Waals surface area contributed by atoms with E-state index >= 15 is 0 Å². The van der Waals surface area contributed by atoms with Crippen molar-refractivity contribution in [2.75, 3.05) is 7.11 Å². The zero-order chi connectivity index (χ0) is 12.5. The lowest BCUT2D eigenvalue weighted by molar-refractivity contribution is 0.0600. The molecule has 0 bridgehead atoms. The number of hydrogen-bond acceptors (Lipinski definition) is 4. The van der Waals surface area contributed by atoms with Crippen LogP contribution in [-0.4, -0.2) is 21.5 Å². The minimum absolute atomic E-state index is 0.0462. The number of benzene rings is 1. The first-order valence-corrected chi connectivity index (χ1v) is 6.17. The molecule has 0 radical (unpaired) electrons. The third kappa shape index (κ3) is 2.65. The first-order chi connectivity index (χ1) is 7.27. The maximum Gasteiger partial charge on any atom is 0.337 e. The van der Waals surface area contributed by atoms with Crippen molar-refractivity contribution >= 4 is 39.2 Å². The van der Waals surface area contributed by atoms with E-state index in [1.807, 2.05) is 0 Å². The van der Waals surface area contributed by atoms with Crippen LogP contribution in [0, 0.1) is 0 Å². The molecule has 0 fully saturated rings. The highest BCUT2D eigenvalue weighted by Crippen LogP contribution is 2.30. The number of ether oxygens (including phenoxy) is 1. The fourth-order valence-electron chi connectivity index (χ4n) is 1.07. The van der Waals surface area contributed by atoms with Crippen LogP contribution in [-0.2, 0) is 14.8 Å². The number of primary sulfonamides is 1. The number of nitrogens with two attached hydrogens (primary N) is 1. The maximum absolute atomic E-state index is 11.2. The summed E-state index contributed by atoms with van der Waals surface area (Å²) in [6, 6.07) is 2.25. The van der Waals surface area contributed by atoms with Crippen LogP contribution in [0.25, 0.3) is 0 Å². The summed E-state index contributed by atoms with van der Waals surface area (Å²) in [5.41, 5.74) is 0.0462. The standard InChI is InChI=1S/C8H7Cl2NO4S/c1-15-8(12)4-2-5(9)7(6(10)3-4)16(11,13)14/h2-3H,1H3,(H2,11,13,14). The third-order valence-electron chi connectivity index (χ3n) is 1.70.